The molecule has 106 valence electrons. The quantitative estimate of drug-likeness (QED) is 0.836. The lowest BCUT2D eigenvalue weighted by Gasteiger charge is -2.16. The van der Waals surface area contributed by atoms with Gasteiger partial charge in [-0.3, -0.25) is 4.98 Å². The number of pyridine rings is 1. The maximum Gasteiger partial charge on any atom is 0.132 e. The van der Waals surface area contributed by atoms with Crippen LogP contribution in [0, 0.1) is 17.5 Å². The Morgan fingerprint density at radius 2 is 1.85 bits per heavy atom. The van der Waals surface area contributed by atoms with Crippen LogP contribution < -0.4 is 0 Å². The van der Waals surface area contributed by atoms with Crippen molar-refractivity contribution in [3.63, 3.8) is 0 Å². The molecule has 0 radical (unpaired) electrons. The fourth-order valence-corrected chi connectivity index (χ4v) is 2.00. The molecule has 20 heavy (non-hydrogen) atoms. The Labute approximate surface area is 115 Å². The number of benzene rings is 1. The summed E-state index contributed by atoms with van der Waals surface area (Å²) in [7, 11) is 1.85. The van der Waals surface area contributed by atoms with Gasteiger partial charge in [0.25, 0.3) is 0 Å². The molecular formula is C15H15F3N2. The number of likely N-dealkylation sites (N-methyl/N-ethyl adjacent to an activating group) is 1. The minimum Gasteiger partial charge on any atom is -0.302 e. The molecule has 0 aliphatic rings. The van der Waals surface area contributed by atoms with Gasteiger partial charge >= 0.3 is 0 Å². The van der Waals surface area contributed by atoms with E-state index in [-0.39, 0.29) is 12.0 Å². The zero-order valence-corrected chi connectivity index (χ0v) is 11.1. The molecule has 1 aromatic carbocycles. The number of rotatable bonds is 5. The molecular weight excluding hydrogens is 265 g/mol. The largest absolute Gasteiger partial charge is 0.302 e. The normalized spacial score (nSPS) is 11.1. The van der Waals surface area contributed by atoms with Gasteiger partial charge in [-0.25, -0.2) is 13.2 Å². The molecule has 0 aliphatic heterocycles. The van der Waals surface area contributed by atoms with Crippen LogP contribution in [0.15, 0.2) is 36.7 Å². The van der Waals surface area contributed by atoms with Crippen LogP contribution in [0.3, 0.4) is 0 Å². The van der Waals surface area contributed by atoms with Crippen molar-refractivity contribution < 1.29 is 13.2 Å². The van der Waals surface area contributed by atoms with Crippen molar-refractivity contribution in [2.24, 2.45) is 0 Å². The van der Waals surface area contributed by atoms with Gasteiger partial charge in [-0.1, -0.05) is 6.07 Å². The summed E-state index contributed by atoms with van der Waals surface area (Å²) in [6.07, 6.45) is 3.62. The molecule has 1 heterocycles. The molecule has 0 fully saturated rings. The van der Waals surface area contributed by atoms with Crippen LogP contribution in [0.25, 0.3) is 0 Å². The Kier molecular flexibility index (Phi) is 4.74. The highest BCUT2D eigenvalue weighted by Gasteiger charge is 2.12. The predicted molar refractivity (Wildman–Crippen MR) is 70.6 cm³/mol. The van der Waals surface area contributed by atoms with E-state index in [1.165, 1.54) is 0 Å². The highest BCUT2D eigenvalue weighted by Crippen LogP contribution is 2.15. The first-order chi connectivity index (χ1) is 9.56. The topological polar surface area (TPSA) is 16.1 Å². The van der Waals surface area contributed by atoms with Crippen LogP contribution in [0.5, 0.6) is 0 Å². The molecule has 0 bridgehead atoms. The lowest BCUT2D eigenvalue weighted by Crippen LogP contribution is -2.21. The van der Waals surface area contributed by atoms with Gasteiger partial charge in [-0.15, -0.1) is 0 Å². The molecule has 5 heteroatoms. The average molecular weight is 280 g/mol. The van der Waals surface area contributed by atoms with Crippen molar-refractivity contribution in [3.8, 4) is 0 Å². The van der Waals surface area contributed by atoms with Crippen LogP contribution >= 0.6 is 0 Å². The third-order valence-electron chi connectivity index (χ3n) is 3.02. The van der Waals surface area contributed by atoms with Gasteiger partial charge < -0.3 is 4.90 Å². The van der Waals surface area contributed by atoms with E-state index in [2.05, 4.69) is 4.98 Å². The molecule has 0 saturated carbocycles. The van der Waals surface area contributed by atoms with E-state index in [1.807, 2.05) is 24.1 Å². The maximum atomic E-state index is 13.5. The Bertz CT molecular complexity index is 550. The second-order valence-electron chi connectivity index (χ2n) is 4.70. The van der Waals surface area contributed by atoms with E-state index in [1.54, 1.807) is 12.4 Å². The van der Waals surface area contributed by atoms with Crippen molar-refractivity contribution in [3.05, 3.63) is 65.2 Å². The van der Waals surface area contributed by atoms with E-state index in [0.717, 1.165) is 5.56 Å². The van der Waals surface area contributed by atoms with Crippen molar-refractivity contribution in [2.45, 2.75) is 13.0 Å². The third kappa shape index (κ3) is 3.81. The molecule has 0 spiro atoms. The molecule has 1 aromatic heterocycles. The van der Waals surface area contributed by atoms with Gasteiger partial charge in [0, 0.05) is 43.2 Å². The van der Waals surface area contributed by atoms with Crippen molar-refractivity contribution in [1.82, 2.24) is 9.88 Å². The molecule has 0 amide bonds. The number of hydrogen-bond donors (Lipinski definition) is 0. The second kappa shape index (κ2) is 6.52. The fourth-order valence-electron chi connectivity index (χ4n) is 2.00. The molecule has 2 nitrogen and oxygen atoms in total. The highest BCUT2D eigenvalue weighted by atomic mass is 19.1. The summed E-state index contributed by atoms with van der Waals surface area (Å²) in [5, 5.41) is 0. The van der Waals surface area contributed by atoms with Gasteiger partial charge in [0.15, 0.2) is 0 Å². The number of nitrogens with zero attached hydrogens (tertiary/aromatic N) is 2. The molecule has 2 aromatic rings. The predicted octanol–water partition coefficient (Wildman–Crippen LogP) is 3.17. The number of hydrogen-bond acceptors (Lipinski definition) is 2. The number of aromatic nitrogens is 1. The Morgan fingerprint density at radius 3 is 2.45 bits per heavy atom. The Balaban J connectivity index is 1.95. The van der Waals surface area contributed by atoms with Crippen molar-refractivity contribution >= 4 is 0 Å². The average Bonchev–Trinajstić information content (AvgIpc) is 2.38. The van der Waals surface area contributed by atoms with Crippen LogP contribution in [-0.2, 0) is 13.0 Å². The summed E-state index contributed by atoms with van der Waals surface area (Å²) in [6.45, 7) is 1.10. The second-order valence-corrected chi connectivity index (χ2v) is 4.70. The van der Waals surface area contributed by atoms with Crippen LogP contribution in [0.1, 0.15) is 11.1 Å². The van der Waals surface area contributed by atoms with Gasteiger partial charge in [-0.2, -0.15) is 0 Å². The zero-order valence-electron chi connectivity index (χ0n) is 11.1. The SMILES string of the molecule is CN(CCc1c(F)cc(F)cc1F)Cc1cccnc1. The monoisotopic (exact) mass is 280 g/mol. The maximum absolute atomic E-state index is 13.5. The lowest BCUT2D eigenvalue weighted by molar-refractivity contribution is 0.326. The van der Waals surface area contributed by atoms with Crippen molar-refractivity contribution in [1.29, 1.82) is 0 Å². The van der Waals surface area contributed by atoms with Gasteiger partial charge in [-0.05, 0) is 25.1 Å². The molecule has 0 aliphatic carbocycles. The van der Waals surface area contributed by atoms with Crippen LogP contribution in [-0.4, -0.2) is 23.5 Å². The summed E-state index contributed by atoms with van der Waals surface area (Å²) in [4.78, 5) is 5.94. The van der Waals surface area contributed by atoms with Crippen LogP contribution in [0.4, 0.5) is 13.2 Å². The van der Waals surface area contributed by atoms with Gasteiger partial charge in [0.05, 0.1) is 0 Å². The minimum absolute atomic E-state index is 0.0792. The molecule has 0 N–H and O–H groups in total. The minimum atomic E-state index is -0.896. The molecule has 2 rings (SSSR count). The molecule has 0 saturated heterocycles. The highest BCUT2D eigenvalue weighted by molar-refractivity contribution is 5.21. The van der Waals surface area contributed by atoms with Crippen LogP contribution in [0.2, 0.25) is 0 Å². The zero-order chi connectivity index (χ0) is 14.5. The summed E-state index contributed by atoms with van der Waals surface area (Å²) in [5.41, 5.74) is 0.944. The van der Waals surface area contributed by atoms with E-state index < -0.39 is 17.5 Å². The standard InChI is InChI=1S/C15H15F3N2/c1-20(10-11-3-2-5-19-9-11)6-4-13-14(17)7-12(16)8-15(13)18/h2-3,5,7-9H,4,6,10H2,1H3. The first-order valence-corrected chi connectivity index (χ1v) is 6.27. The molecule has 0 unspecified atom stereocenters. The fraction of sp³-hybridized carbons (Fsp3) is 0.267. The number of halogens is 3. The first-order valence-electron chi connectivity index (χ1n) is 6.27. The third-order valence-corrected chi connectivity index (χ3v) is 3.02. The summed E-state index contributed by atoms with van der Waals surface area (Å²) in [6, 6.07) is 5.18. The Morgan fingerprint density at radius 1 is 1.15 bits per heavy atom. The lowest BCUT2D eigenvalue weighted by atomic mass is 10.1. The summed E-state index contributed by atoms with van der Waals surface area (Å²) < 4.78 is 39.8. The summed E-state index contributed by atoms with van der Waals surface area (Å²) >= 11 is 0. The first kappa shape index (κ1) is 14.5. The summed E-state index contributed by atoms with van der Waals surface area (Å²) in [5.74, 6) is -2.57. The smallest absolute Gasteiger partial charge is 0.132 e. The van der Waals surface area contributed by atoms with E-state index in [4.69, 9.17) is 0 Å². The van der Waals surface area contributed by atoms with E-state index in [9.17, 15) is 13.2 Å². The van der Waals surface area contributed by atoms with E-state index in [0.29, 0.717) is 25.2 Å². The van der Waals surface area contributed by atoms with Gasteiger partial charge in [0.2, 0.25) is 0 Å². The van der Waals surface area contributed by atoms with Crippen molar-refractivity contribution in [2.75, 3.05) is 13.6 Å². The Hall–Kier alpha value is -1.88. The molecule has 0 atom stereocenters. The van der Waals surface area contributed by atoms with E-state index >= 15 is 0 Å². The van der Waals surface area contributed by atoms with Gasteiger partial charge in [0.1, 0.15) is 17.5 Å².